The van der Waals surface area contributed by atoms with Crippen LogP contribution >= 0.6 is 0 Å². The molecule has 0 aromatic carbocycles. The van der Waals surface area contributed by atoms with Gasteiger partial charge in [0, 0.05) is 0 Å². The highest BCUT2D eigenvalue weighted by Crippen LogP contribution is 2.47. The molecule has 5 N–H and O–H groups in total. The monoisotopic (exact) mass is 363 g/mol. The smallest absolute Gasteiger partial charge is 0.276 e. The van der Waals surface area contributed by atoms with Crippen LogP contribution in [0.5, 0.6) is 0 Å². The van der Waals surface area contributed by atoms with Gasteiger partial charge >= 0.3 is 0 Å². The van der Waals surface area contributed by atoms with E-state index in [-0.39, 0.29) is 29.9 Å². The normalized spacial score (nSPS) is 31.6. The van der Waals surface area contributed by atoms with Crippen LogP contribution in [0.2, 0.25) is 0 Å². The highest BCUT2D eigenvalue weighted by Gasteiger charge is 2.65. The Morgan fingerprint density at radius 3 is 2.88 bits per heavy atom. The molecule has 140 valence electrons. The van der Waals surface area contributed by atoms with E-state index in [1.165, 1.54) is 19.1 Å². The molecule has 0 spiro atoms. The van der Waals surface area contributed by atoms with Gasteiger partial charge in [0.25, 0.3) is 5.56 Å². The number of nitrogens with zero attached hydrogens (tertiary/aromatic N) is 3. The molecule has 0 unspecified atom stereocenters. The Labute approximate surface area is 148 Å². The number of nitrogens with two attached hydrogens (primary N) is 1. The quantitative estimate of drug-likeness (QED) is 0.553. The Morgan fingerprint density at radius 1 is 1.58 bits per heavy atom. The van der Waals surface area contributed by atoms with Crippen molar-refractivity contribution < 1.29 is 19.7 Å². The van der Waals surface area contributed by atoms with Gasteiger partial charge in [0.15, 0.2) is 0 Å². The standard InChI is InChI=1S/C16H21N5O5/c1-8(2)25-6-10-12(22)15(3,24)16(7-17,26-10)11-5-4-9-13(23)19-14(18)20-21(9)11/h4-5,8,10,12,22,24H,6H2,1-3H3,(H3,18,19,20,23)/t10-,12-,15-,16+/m1/s1. The molecule has 3 heterocycles. The number of nitrogens with one attached hydrogen (secondary N) is 1. The molecule has 10 heteroatoms. The molecule has 3 rings (SSSR count). The van der Waals surface area contributed by atoms with Crippen LogP contribution < -0.4 is 11.3 Å². The van der Waals surface area contributed by atoms with Crippen LogP contribution in [0.15, 0.2) is 16.9 Å². The molecule has 1 fully saturated rings. The first-order valence-corrected chi connectivity index (χ1v) is 8.13. The van der Waals surface area contributed by atoms with E-state index in [4.69, 9.17) is 15.2 Å². The summed E-state index contributed by atoms with van der Waals surface area (Å²) >= 11 is 0. The van der Waals surface area contributed by atoms with E-state index < -0.39 is 29.0 Å². The first kappa shape index (κ1) is 18.3. The average molecular weight is 363 g/mol. The van der Waals surface area contributed by atoms with E-state index in [2.05, 4.69) is 10.1 Å². The maximum Gasteiger partial charge on any atom is 0.276 e. The molecule has 2 aromatic rings. The molecular formula is C16H21N5O5. The maximum atomic E-state index is 12.0. The fraction of sp³-hybridized carbons (Fsp3) is 0.562. The number of aliphatic hydroxyl groups excluding tert-OH is 1. The molecule has 1 aliphatic rings. The van der Waals surface area contributed by atoms with Gasteiger partial charge in [-0.1, -0.05) is 0 Å². The Hall–Kier alpha value is -2.45. The third-order valence-electron chi connectivity index (χ3n) is 4.62. The molecule has 0 radical (unpaired) electrons. The van der Waals surface area contributed by atoms with Crippen molar-refractivity contribution in [3.05, 3.63) is 28.2 Å². The van der Waals surface area contributed by atoms with Crippen molar-refractivity contribution in [1.82, 2.24) is 14.6 Å². The molecule has 0 bridgehead atoms. The highest BCUT2D eigenvalue weighted by molar-refractivity contribution is 5.51. The Morgan fingerprint density at radius 2 is 2.27 bits per heavy atom. The Kier molecular flexibility index (Phi) is 4.28. The SMILES string of the molecule is CC(C)OC[C@H]1O[C@@](C#N)(c2ccc3c(=O)[nH]c(N)nn23)[C@](C)(O)[C@@H]1O. The van der Waals surface area contributed by atoms with Crippen molar-refractivity contribution in [2.24, 2.45) is 0 Å². The van der Waals surface area contributed by atoms with Gasteiger partial charge in [-0.2, -0.15) is 5.26 Å². The molecule has 1 aliphatic heterocycles. The lowest BCUT2D eigenvalue weighted by Crippen LogP contribution is -2.52. The molecule has 10 nitrogen and oxygen atoms in total. The summed E-state index contributed by atoms with van der Waals surface area (Å²) < 4.78 is 12.4. The molecule has 4 atom stereocenters. The summed E-state index contributed by atoms with van der Waals surface area (Å²) in [4.78, 5) is 14.4. The summed E-state index contributed by atoms with van der Waals surface area (Å²) in [5.41, 5.74) is 1.34. The number of anilines is 1. The molecule has 2 aromatic heterocycles. The van der Waals surface area contributed by atoms with Crippen LogP contribution in [-0.2, 0) is 15.1 Å². The van der Waals surface area contributed by atoms with E-state index in [0.29, 0.717) is 0 Å². The van der Waals surface area contributed by atoms with Crippen molar-refractivity contribution in [1.29, 1.82) is 5.26 Å². The summed E-state index contributed by atoms with van der Waals surface area (Å²) in [6, 6.07) is 4.82. The second-order valence-corrected chi connectivity index (χ2v) is 6.78. The number of hydrogen-bond donors (Lipinski definition) is 4. The summed E-state index contributed by atoms with van der Waals surface area (Å²) in [5, 5.41) is 35.4. The third-order valence-corrected chi connectivity index (χ3v) is 4.62. The van der Waals surface area contributed by atoms with Crippen LogP contribution in [0.4, 0.5) is 5.95 Å². The van der Waals surface area contributed by atoms with Crippen LogP contribution in [0, 0.1) is 11.3 Å². The van der Waals surface area contributed by atoms with Gasteiger partial charge in [-0.25, -0.2) is 4.52 Å². The summed E-state index contributed by atoms with van der Waals surface area (Å²) in [6.07, 6.45) is -2.47. The number of nitriles is 1. The first-order chi connectivity index (χ1) is 12.1. The van der Waals surface area contributed by atoms with Crippen molar-refractivity contribution in [2.45, 2.75) is 50.3 Å². The van der Waals surface area contributed by atoms with Gasteiger partial charge in [-0.05, 0) is 32.9 Å². The maximum absolute atomic E-state index is 12.0. The molecule has 0 saturated carbocycles. The van der Waals surface area contributed by atoms with Gasteiger partial charge in [-0.3, -0.25) is 9.78 Å². The summed E-state index contributed by atoms with van der Waals surface area (Å²) in [5.74, 6) is -0.161. The molecular weight excluding hydrogens is 342 g/mol. The first-order valence-electron chi connectivity index (χ1n) is 8.13. The summed E-state index contributed by atoms with van der Waals surface area (Å²) in [6.45, 7) is 4.91. The van der Waals surface area contributed by atoms with E-state index in [1.54, 1.807) is 0 Å². The fourth-order valence-electron chi connectivity index (χ4n) is 3.20. The lowest BCUT2D eigenvalue weighted by atomic mass is 9.80. The van der Waals surface area contributed by atoms with E-state index in [0.717, 1.165) is 4.52 Å². The molecule has 26 heavy (non-hydrogen) atoms. The van der Waals surface area contributed by atoms with Gasteiger partial charge in [0.1, 0.15) is 29.4 Å². The number of rotatable bonds is 4. The second-order valence-electron chi connectivity index (χ2n) is 6.78. The minimum atomic E-state index is -1.99. The van der Waals surface area contributed by atoms with Gasteiger partial charge in [-0.15, -0.1) is 5.10 Å². The number of aliphatic hydroxyl groups is 2. The number of hydrogen-bond acceptors (Lipinski definition) is 8. The number of nitrogen functional groups attached to an aromatic ring is 1. The van der Waals surface area contributed by atoms with Crippen molar-refractivity contribution >= 4 is 11.5 Å². The Bertz CT molecular complexity index is 927. The third kappa shape index (κ3) is 2.48. The van der Waals surface area contributed by atoms with E-state index in [1.807, 2.05) is 19.9 Å². The van der Waals surface area contributed by atoms with E-state index in [9.17, 15) is 20.3 Å². The predicted molar refractivity (Wildman–Crippen MR) is 90.1 cm³/mol. The zero-order chi connectivity index (χ0) is 19.3. The largest absolute Gasteiger partial charge is 0.387 e. The lowest BCUT2D eigenvalue weighted by Gasteiger charge is -2.33. The number of aromatic nitrogens is 3. The van der Waals surface area contributed by atoms with Gasteiger partial charge in [0.2, 0.25) is 11.5 Å². The molecule has 0 aliphatic carbocycles. The number of fused-ring (bicyclic) bond motifs is 1. The van der Waals surface area contributed by atoms with E-state index >= 15 is 0 Å². The second kappa shape index (κ2) is 6.07. The van der Waals surface area contributed by atoms with Crippen LogP contribution in [0.3, 0.4) is 0 Å². The number of aromatic amines is 1. The van der Waals surface area contributed by atoms with Crippen LogP contribution in [0.1, 0.15) is 26.5 Å². The minimum Gasteiger partial charge on any atom is -0.387 e. The lowest BCUT2D eigenvalue weighted by molar-refractivity contribution is -0.112. The summed E-state index contributed by atoms with van der Waals surface area (Å²) in [7, 11) is 0. The van der Waals surface area contributed by atoms with Crippen molar-refractivity contribution in [3.8, 4) is 6.07 Å². The Balaban J connectivity index is 2.15. The fourth-order valence-corrected chi connectivity index (χ4v) is 3.20. The van der Waals surface area contributed by atoms with Crippen molar-refractivity contribution in [3.63, 3.8) is 0 Å². The predicted octanol–water partition coefficient (Wildman–Crippen LogP) is -0.741. The topological polar surface area (TPSA) is 159 Å². The van der Waals surface area contributed by atoms with Gasteiger partial charge < -0.3 is 25.4 Å². The van der Waals surface area contributed by atoms with Crippen LogP contribution in [-0.4, -0.2) is 55.3 Å². The van der Waals surface area contributed by atoms with Crippen molar-refractivity contribution in [2.75, 3.05) is 12.3 Å². The highest BCUT2D eigenvalue weighted by atomic mass is 16.6. The number of ether oxygens (including phenoxy) is 2. The van der Waals surface area contributed by atoms with Crippen LogP contribution in [0.25, 0.3) is 5.52 Å². The average Bonchev–Trinajstić information content (AvgIpc) is 3.05. The minimum absolute atomic E-state index is 0.0160. The molecule has 0 amide bonds. The molecule has 1 saturated heterocycles. The zero-order valence-electron chi connectivity index (χ0n) is 14.6. The number of H-pyrrole nitrogens is 1. The van der Waals surface area contributed by atoms with Gasteiger partial charge in [0.05, 0.1) is 18.4 Å². The zero-order valence-corrected chi connectivity index (χ0v) is 14.6.